The minimum Gasteiger partial charge on any atom is -0.331 e. The standard InChI is InChI=1S/C13H19Cl2N3O2S/c1-3-4-5-6-18(12(20)11(14)15)7-10(19)17-13-16-9(2)8-21-13/h8,11H,3-7H2,1-2H3,(H,16,17,19). The zero-order chi connectivity index (χ0) is 15.8. The van der Waals surface area contributed by atoms with Crippen LogP contribution in [-0.2, 0) is 9.59 Å². The maximum absolute atomic E-state index is 12.0. The van der Waals surface area contributed by atoms with Crippen molar-refractivity contribution in [2.45, 2.75) is 37.9 Å². The predicted octanol–water partition coefficient (Wildman–Crippen LogP) is 3.21. The lowest BCUT2D eigenvalue weighted by molar-refractivity contribution is -0.133. The number of carbonyl (C=O) groups excluding carboxylic acids is 2. The normalized spacial score (nSPS) is 10.7. The second-order valence-corrected chi connectivity index (χ2v) is 6.56. The minimum atomic E-state index is -1.15. The van der Waals surface area contributed by atoms with Crippen molar-refractivity contribution in [3.05, 3.63) is 11.1 Å². The first-order valence-corrected chi connectivity index (χ1v) is 8.48. The number of rotatable bonds is 8. The molecule has 0 aliphatic heterocycles. The van der Waals surface area contributed by atoms with Gasteiger partial charge in [-0.25, -0.2) is 4.98 Å². The maximum atomic E-state index is 12.0. The van der Waals surface area contributed by atoms with Gasteiger partial charge in [0, 0.05) is 11.9 Å². The Balaban J connectivity index is 2.57. The van der Waals surface area contributed by atoms with Crippen LogP contribution in [0.25, 0.3) is 0 Å². The predicted molar refractivity (Wildman–Crippen MR) is 87.1 cm³/mol. The fourth-order valence-corrected chi connectivity index (χ4v) is 2.68. The summed E-state index contributed by atoms with van der Waals surface area (Å²) in [6, 6.07) is 0. The molecule has 0 aliphatic carbocycles. The third-order valence-electron chi connectivity index (χ3n) is 2.73. The molecule has 1 aromatic heterocycles. The molecule has 0 aromatic carbocycles. The van der Waals surface area contributed by atoms with Crippen molar-refractivity contribution in [3.8, 4) is 0 Å². The molecule has 1 aromatic rings. The van der Waals surface area contributed by atoms with Gasteiger partial charge in [0.1, 0.15) is 6.54 Å². The first kappa shape index (κ1) is 18.2. The zero-order valence-corrected chi connectivity index (χ0v) is 14.4. The van der Waals surface area contributed by atoms with Crippen molar-refractivity contribution in [2.24, 2.45) is 0 Å². The van der Waals surface area contributed by atoms with E-state index in [1.807, 2.05) is 12.3 Å². The quantitative estimate of drug-likeness (QED) is 0.577. The molecule has 0 spiro atoms. The monoisotopic (exact) mass is 351 g/mol. The van der Waals surface area contributed by atoms with Gasteiger partial charge in [0.2, 0.25) is 5.91 Å². The van der Waals surface area contributed by atoms with Crippen LogP contribution in [0, 0.1) is 6.92 Å². The minimum absolute atomic E-state index is 0.0723. The van der Waals surface area contributed by atoms with Crippen LogP contribution >= 0.6 is 34.5 Å². The van der Waals surface area contributed by atoms with Gasteiger partial charge in [-0.05, 0) is 13.3 Å². The van der Waals surface area contributed by atoms with Gasteiger partial charge in [0.25, 0.3) is 5.91 Å². The van der Waals surface area contributed by atoms with Crippen LogP contribution in [0.3, 0.4) is 0 Å². The molecule has 0 fully saturated rings. The molecule has 1 heterocycles. The van der Waals surface area contributed by atoms with Crippen LogP contribution in [0.1, 0.15) is 31.9 Å². The van der Waals surface area contributed by atoms with Crippen molar-refractivity contribution in [2.75, 3.05) is 18.4 Å². The van der Waals surface area contributed by atoms with E-state index in [1.165, 1.54) is 16.2 Å². The number of hydrogen-bond acceptors (Lipinski definition) is 4. The average Bonchev–Trinajstić information content (AvgIpc) is 2.82. The molecular formula is C13H19Cl2N3O2S. The highest BCUT2D eigenvalue weighted by molar-refractivity contribution is 7.13. The van der Waals surface area contributed by atoms with Crippen LogP contribution < -0.4 is 5.32 Å². The van der Waals surface area contributed by atoms with E-state index < -0.39 is 10.7 Å². The molecule has 0 unspecified atom stereocenters. The highest BCUT2D eigenvalue weighted by atomic mass is 35.5. The number of aromatic nitrogens is 1. The lowest BCUT2D eigenvalue weighted by atomic mass is 10.2. The Kier molecular flexibility index (Phi) is 8.00. The summed E-state index contributed by atoms with van der Waals surface area (Å²) in [6.45, 7) is 4.30. The van der Waals surface area contributed by atoms with E-state index in [1.54, 1.807) is 0 Å². The Labute approximate surface area is 138 Å². The highest BCUT2D eigenvalue weighted by Gasteiger charge is 2.22. The van der Waals surface area contributed by atoms with Gasteiger partial charge in [-0.3, -0.25) is 9.59 Å². The van der Waals surface area contributed by atoms with E-state index in [9.17, 15) is 9.59 Å². The lowest BCUT2D eigenvalue weighted by Crippen LogP contribution is -2.41. The Morgan fingerprint density at radius 3 is 2.67 bits per heavy atom. The number of alkyl halides is 2. The van der Waals surface area contributed by atoms with E-state index in [2.05, 4.69) is 17.2 Å². The Bertz CT molecular complexity index is 480. The summed E-state index contributed by atoms with van der Waals surface area (Å²) in [6.07, 6.45) is 2.82. The summed E-state index contributed by atoms with van der Waals surface area (Å²) in [5, 5.41) is 5.03. The number of aryl methyl sites for hydroxylation is 1. The number of halogens is 2. The highest BCUT2D eigenvalue weighted by Crippen LogP contribution is 2.15. The van der Waals surface area contributed by atoms with Gasteiger partial charge in [0.05, 0.1) is 5.69 Å². The molecule has 0 bridgehead atoms. The number of nitrogens with one attached hydrogen (secondary N) is 1. The third-order valence-corrected chi connectivity index (χ3v) is 3.98. The second kappa shape index (κ2) is 9.23. The van der Waals surface area contributed by atoms with Crippen LogP contribution in [-0.4, -0.2) is 39.6 Å². The van der Waals surface area contributed by atoms with E-state index >= 15 is 0 Å². The molecule has 5 nitrogen and oxygen atoms in total. The van der Waals surface area contributed by atoms with Gasteiger partial charge >= 0.3 is 0 Å². The number of nitrogens with zero attached hydrogens (tertiary/aromatic N) is 2. The topological polar surface area (TPSA) is 62.3 Å². The first-order chi connectivity index (χ1) is 9.93. The number of carbonyl (C=O) groups is 2. The molecule has 2 amide bonds. The third kappa shape index (κ3) is 6.63. The van der Waals surface area contributed by atoms with Crippen LogP contribution in [0.15, 0.2) is 5.38 Å². The molecule has 0 aliphatic rings. The molecular weight excluding hydrogens is 333 g/mol. The molecule has 0 radical (unpaired) electrons. The lowest BCUT2D eigenvalue weighted by Gasteiger charge is -2.22. The SMILES string of the molecule is CCCCCN(CC(=O)Nc1nc(C)cs1)C(=O)C(Cl)Cl. The number of thiazole rings is 1. The van der Waals surface area contributed by atoms with Crippen molar-refractivity contribution in [3.63, 3.8) is 0 Å². The van der Waals surface area contributed by atoms with Crippen molar-refractivity contribution < 1.29 is 9.59 Å². The van der Waals surface area contributed by atoms with Crippen LogP contribution in [0.4, 0.5) is 5.13 Å². The molecule has 0 saturated heterocycles. The van der Waals surface area contributed by atoms with Gasteiger partial charge in [-0.1, -0.05) is 43.0 Å². The summed E-state index contributed by atoms with van der Waals surface area (Å²) >= 11 is 12.6. The molecule has 0 saturated carbocycles. The molecule has 0 atom stereocenters. The molecule has 1 rings (SSSR count). The fraction of sp³-hybridized carbons (Fsp3) is 0.615. The Morgan fingerprint density at radius 1 is 1.43 bits per heavy atom. The van der Waals surface area contributed by atoms with Gasteiger partial charge in [-0.15, -0.1) is 11.3 Å². The first-order valence-electron chi connectivity index (χ1n) is 6.73. The summed E-state index contributed by atoms with van der Waals surface area (Å²) in [4.78, 5) is 28.2. The molecule has 118 valence electrons. The second-order valence-electron chi connectivity index (χ2n) is 4.61. The summed E-state index contributed by atoms with van der Waals surface area (Å²) in [7, 11) is 0. The summed E-state index contributed by atoms with van der Waals surface area (Å²) in [5.41, 5.74) is 0.841. The zero-order valence-electron chi connectivity index (χ0n) is 12.1. The van der Waals surface area contributed by atoms with Crippen molar-refractivity contribution in [1.82, 2.24) is 9.88 Å². The van der Waals surface area contributed by atoms with E-state index in [0.29, 0.717) is 11.7 Å². The molecule has 21 heavy (non-hydrogen) atoms. The van der Waals surface area contributed by atoms with Crippen molar-refractivity contribution >= 4 is 51.5 Å². The van der Waals surface area contributed by atoms with Gasteiger partial charge in [0.15, 0.2) is 9.97 Å². The number of unbranched alkanes of at least 4 members (excludes halogenated alkanes) is 2. The van der Waals surface area contributed by atoms with Crippen molar-refractivity contribution in [1.29, 1.82) is 0 Å². The number of amides is 2. The largest absolute Gasteiger partial charge is 0.331 e. The fourth-order valence-electron chi connectivity index (χ4n) is 1.70. The van der Waals surface area contributed by atoms with E-state index in [0.717, 1.165) is 25.0 Å². The number of anilines is 1. The number of hydrogen-bond donors (Lipinski definition) is 1. The van der Waals surface area contributed by atoms with E-state index in [4.69, 9.17) is 23.2 Å². The van der Waals surface area contributed by atoms with E-state index in [-0.39, 0.29) is 12.5 Å². The average molecular weight is 352 g/mol. The molecule has 1 N–H and O–H groups in total. The molecule has 8 heteroatoms. The smallest absolute Gasteiger partial charge is 0.256 e. The maximum Gasteiger partial charge on any atom is 0.256 e. The Hall–Kier alpha value is -0.850. The summed E-state index contributed by atoms with van der Waals surface area (Å²) < 4.78 is 0. The van der Waals surface area contributed by atoms with Crippen LogP contribution in [0.5, 0.6) is 0 Å². The summed E-state index contributed by atoms with van der Waals surface area (Å²) in [5.74, 6) is -0.747. The van der Waals surface area contributed by atoms with Gasteiger partial charge < -0.3 is 10.2 Å². The Morgan fingerprint density at radius 2 is 2.14 bits per heavy atom. The van der Waals surface area contributed by atoms with Crippen LogP contribution in [0.2, 0.25) is 0 Å². The van der Waals surface area contributed by atoms with Gasteiger partial charge in [-0.2, -0.15) is 0 Å².